The Hall–Kier alpha value is -4.28. The summed E-state index contributed by atoms with van der Waals surface area (Å²) in [5, 5.41) is 15.5. The number of amides is 1. The maximum absolute atomic E-state index is 13.2. The number of esters is 1. The van der Waals surface area contributed by atoms with Crippen molar-refractivity contribution in [2.24, 2.45) is 5.29 Å². The van der Waals surface area contributed by atoms with Gasteiger partial charge in [-0.1, -0.05) is 18.2 Å². The highest BCUT2D eigenvalue weighted by molar-refractivity contribution is 5.96. The summed E-state index contributed by atoms with van der Waals surface area (Å²) in [6, 6.07) is 7.71. The summed E-state index contributed by atoms with van der Waals surface area (Å²) in [4.78, 5) is 51.6. The minimum atomic E-state index is -1.00. The number of carboxylic acid groups (broad SMARTS) is 1. The largest absolute Gasteiger partial charge is 0.481 e. The number of anilines is 1. The first-order valence-electron chi connectivity index (χ1n) is 11.9. The predicted octanol–water partition coefficient (Wildman–Crippen LogP) is 4.10. The lowest BCUT2D eigenvalue weighted by molar-refractivity contribution is -0.144. The number of aliphatic carboxylic acids is 1. The van der Waals surface area contributed by atoms with Crippen LogP contribution in [0, 0.1) is 32.6 Å². The third-order valence-electron chi connectivity index (χ3n) is 6.21. The number of hydrogen-bond donors (Lipinski definition) is 2. The fraction of sp³-hybridized carbons (Fsp3) is 0.385. The van der Waals surface area contributed by atoms with Gasteiger partial charge in [0.15, 0.2) is 5.65 Å². The van der Waals surface area contributed by atoms with Crippen LogP contribution in [0.5, 0.6) is 0 Å². The van der Waals surface area contributed by atoms with E-state index in [4.69, 9.17) is 9.84 Å². The average Bonchev–Trinajstić information content (AvgIpc) is 3.14. The summed E-state index contributed by atoms with van der Waals surface area (Å²) in [6.45, 7) is 7.88. The molecule has 2 aromatic heterocycles. The highest BCUT2D eigenvalue weighted by atomic mass is 16.5. The Kier molecular flexibility index (Phi) is 8.94. The van der Waals surface area contributed by atoms with E-state index in [9.17, 15) is 19.3 Å². The molecule has 0 saturated heterocycles. The standard InChI is InChI=1S/C26H31N5O6/c1-16-7-5-8-17(2)21(16)14-27-22-13-20(15-30-19(4)18(3)28-25(22)30)26(35)31(29-36)11-12-37-24(34)10-6-9-23(32)33/h5,7-8,13,15,27H,6,9-12,14H2,1-4H3,(H,32,33). The molecular weight excluding hydrogens is 478 g/mol. The number of carboxylic acids is 1. The van der Waals surface area contributed by atoms with Crippen molar-refractivity contribution in [1.82, 2.24) is 14.4 Å². The zero-order valence-electron chi connectivity index (χ0n) is 21.4. The molecule has 0 saturated carbocycles. The van der Waals surface area contributed by atoms with Crippen LogP contribution in [-0.4, -0.2) is 50.5 Å². The third kappa shape index (κ3) is 6.69. The van der Waals surface area contributed by atoms with Crippen LogP contribution >= 0.6 is 0 Å². The normalized spacial score (nSPS) is 10.8. The summed E-state index contributed by atoms with van der Waals surface area (Å²) in [6.07, 6.45) is 1.53. The van der Waals surface area contributed by atoms with E-state index in [-0.39, 0.29) is 38.0 Å². The number of nitrogens with one attached hydrogen (secondary N) is 1. The first kappa shape index (κ1) is 27.3. The van der Waals surface area contributed by atoms with E-state index in [1.165, 1.54) is 0 Å². The van der Waals surface area contributed by atoms with Crippen molar-refractivity contribution in [2.45, 2.75) is 53.5 Å². The van der Waals surface area contributed by atoms with Gasteiger partial charge in [0, 0.05) is 31.3 Å². The Morgan fingerprint density at radius 3 is 2.49 bits per heavy atom. The number of carbonyl (C=O) groups is 3. The zero-order chi connectivity index (χ0) is 27.1. The predicted molar refractivity (Wildman–Crippen MR) is 137 cm³/mol. The van der Waals surface area contributed by atoms with Crippen molar-refractivity contribution >= 4 is 29.2 Å². The Bertz CT molecular complexity index is 1310. The monoisotopic (exact) mass is 509 g/mol. The van der Waals surface area contributed by atoms with Gasteiger partial charge in [0.1, 0.15) is 6.61 Å². The Balaban J connectivity index is 1.78. The van der Waals surface area contributed by atoms with Gasteiger partial charge in [0.25, 0.3) is 5.91 Å². The van der Waals surface area contributed by atoms with Gasteiger partial charge in [-0.25, -0.2) is 4.98 Å². The summed E-state index contributed by atoms with van der Waals surface area (Å²) < 4.78 is 6.81. The number of imidazole rings is 1. The highest BCUT2D eigenvalue weighted by Gasteiger charge is 2.21. The number of nitrogens with zero attached hydrogens (tertiary/aromatic N) is 4. The summed E-state index contributed by atoms with van der Waals surface area (Å²) >= 11 is 0. The Morgan fingerprint density at radius 1 is 1.14 bits per heavy atom. The fourth-order valence-corrected chi connectivity index (χ4v) is 3.96. The van der Waals surface area contributed by atoms with Gasteiger partial charge in [-0.15, -0.1) is 4.91 Å². The number of aryl methyl sites for hydroxylation is 4. The van der Waals surface area contributed by atoms with Crippen molar-refractivity contribution in [2.75, 3.05) is 18.5 Å². The molecule has 1 amide bonds. The second-order valence-electron chi connectivity index (χ2n) is 8.82. The van der Waals surface area contributed by atoms with Gasteiger partial charge in [-0.05, 0) is 56.9 Å². The summed E-state index contributed by atoms with van der Waals surface area (Å²) in [5.74, 6) is -2.26. The van der Waals surface area contributed by atoms with Gasteiger partial charge >= 0.3 is 11.9 Å². The van der Waals surface area contributed by atoms with Crippen LogP contribution in [0.4, 0.5) is 5.69 Å². The molecule has 0 radical (unpaired) electrons. The number of nitroso groups, excluding NO2 is 1. The van der Waals surface area contributed by atoms with E-state index in [0.717, 1.165) is 28.1 Å². The van der Waals surface area contributed by atoms with Crippen molar-refractivity contribution in [3.8, 4) is 0 Å². The van der Waals surface area contributed by atoms with Crippen LogP contribution in [0.15, 0.2) is 35.7 Å². The summed E-state index contributed by atoms with van der Waals surface area (Å²) in [5.41, 5.74) is 6.56. The van der Waals surface area contributed by atoms with Crippen molar-refractivity contribution in [1.29, 1.82) is 0 Å². The molecule has 0 fully saturated rings. The molecule has 0 atom stereocenters. The maximum atomic E-state index is 13.2. The molecule has 37 heavy (non-hydrogen) atoms. The molecule has 11 heteroatoms. The lowest BCUT2D eigenvalue weighted by Crippen LogP contribution is -2.30. The molecule has 196 valence electrons. The molecule has 0 aliphatic heterocycles. The molecule has 3 aromatic rings. The molecule has 2 heterocycles. The number of aromatic nitrogens is 2. The minimum Gasteiger partial charge on any atom is -0.481 e. The number of rotatable bonds is 12. The number of ether oxygens (including phenoxy) is 1. The average molecular weight is 510 g/mol. The number of benzene rings is 1. The first-order valence-corrected chi connectivity index (χ1v) is 11.9. The van der Waals surface area contributed by atoms with E-state index >= 15 is 0 Å². The number of pyridine rings is 1. The van der Waals surface area contributed by atoms with E-state index in [2.05, 4.69) is 15.6 Å². The molecule has 0 bridgehead atoms. The van der Waals surface area contributed by atoms with Gasteiger partial charge < -0.3 is 19.6 Å². The van der Waals surface area contributed by atoms with Crippen LogP contribution in [0.2, 0.25) is 0 Å². The highest BCUT2D eigenvalue weighted by Crippen LogP contribution is 2.24. The van der Waals surface area contributed by atoms with Gasteiger partial charge in [-0.2, -0.15) is 5.01 Å². The van der Waals surface area contributed by atoms with Crippen LogP contribution < -0.4 is 5.32 Å². The smallest absolute Gasteiger partial charge is 0.305 e. The van der Waals surface area contributed by atoms with Crippen LogP contribution in [0.1, 0.15) is 57.7 Å². The molecule has 0 aliphatic carbocycles. The van der Waals surface area contributed by atoms with Gasteiger partial charge in [-0.3, -0.25) is 14.4 Å². The van der Waals surface area contributed by atoms with Crippen LogP contribution in [-0.2, 0) is 20.9 Å². The van der Waals surface area contributed by atoms with Crippen molar-refractivity contribution in [3.63, 3.8) is 0 Å². The molecule has 11 nitrogen and oxygen atoms in total. The third-order valence-corrected chi connectivity index (χ3v) is 6.21. The molecule has 0 aliphatic rings. The topological polar surface area (TPSA) is 143 Å². The summed E-state index contributed by atoms with van der Waals surface area (Å²) in [7, 11) is 0. The molecule has 0 unspecified atom stereocenters. The molecular formula is C26H31N5O6. The van der Waals surface area contributed by atoms with E-state index in [1.54, 1.807) is 16.7 Å². The number of fused-ring (bicyclic) bond motifs is 1. The zero-order valence-corrected chi connectivity index (χ0v) is 21.4. The van der Waals surface area contributed by atoms with Crippen molar-refractivity contribution < 1.29 is 24.2 Å². The molecule has 3 rings (SSSR count). The van der Waals surface area contributed by atoms with E-state index in [1.807, 2.05) is 45.9 Å². The Labute approximate surface area is 214 Å². The van der Waals surface area contributed by atoms with E-state index in [0.29, 0.717) is 22.9 Å². The van der Waals surface area contributed by atoms with Gasteiger partial charge in [0.05, 0.1) is 28.8 Å². The van der Waals surface area contributed by atoms with Gasteiger partial charge in [0.2, 0.25) is 0 Å². The number of carbonyl (C=O) groups excluding carboxylic acids is 2. The van der Waals surface area contributed by atoms with Crippen LogP contribution in [0.25, 0.3) is 5.65 Å². The van der Waals surface area contributed by atoms with Crippen LogP contribution in [0.3, 0.4) is 0 Å². The lowest BCUT2D eigenvalue weighted by Gasteiger charge is -2.16. The lowest BCUT2D eigenvalue weighted by atomic mass is 10.0. The quantitative estimate of drug-likeness (QED) is 0.211. The second kappa shape index (κ2) is 12.1. The second-order valence-corrected chi connectivity index (χ2v) is 8.82. The van der Waals surface area contributed by atoms with Crippen molar-refractivity contribution in [3.05, 3.63) is 69.0 Å². The maximum Gasteiger partial charge on any atom is 0.305 e. The Morgan fingerprint density at radius 2 is 1.84 bits per heavy atom. The molecule has 0 spiro atoms. The first-order chi connectivity index (χ1) is 17.6. The fourth-order valence-electron chi connectivity index (χ4n) is 3.96. The SMILES string of the molecule is Cc1cccc(C)c1CNc1cc(C(=O)N(CCOC(=O)CCCC(=O)O)N=O)cn2c(C)c(C)nc12. The molecule has 1 aromatic carbocycles. The number of hydrogen-bond acceptors (Lipinski definition) is 8. The van der Waals surface area contributed by atoms with E-state index < -0.39 is 17.8 Å². The molecule has 2 N–H and O–H groups in total. The minimum absolute atomic E-state index is 0.0694.